The highest BCUT2D eigenvalue weighted by atomic mass is 19.1. The fourth-order valence-electron chi connectivity index (χ4n) is 1.02. The molecule has 1 aromatic carbocycles. The summed E-state index contributed by atoms with van der Waals surface area (Å²) in [6.07, 6.45) is 0.385. The van der Waals surface area contributed by atoms with E-state index < -0.39 is 0 Å². The average molecular weight is 195 g/mol. The van der Waals surface area contributed by atoms with E-state index in [1.807, 2.05) is 0 Å². The molecule has 3 nitrogen and oxygen atoms in total. The van der Waals surface area contributed by atoms with Crippen LogP contribution in [0.25, 0.3) is 0 Å². The molecule has 74 valence electrons. The summed E-state index contributed by atoms with van der Waals surface area (Å²) < 4.78 is 12.5. The molecule has 0 aliphatic heterocycles. The number of carbonyl (C=O) groups excluding carboxylic acids is 2. The molecule has 0 unspecified atom stereocenters. The van der Waals surface area contributed by atoms with Crippen molar-refractivity contribution in [2.45, 2.75) is 6.42 Å². The number of hydrogen-bond acceptors (Lipinski definition) is 2. The standard InChI is InChI=1S/C10H10FNO2/c1-12(10(14)6-7-13)9-4-2-8(11)3-5-9/h2-5,7H,6H2,1H3. The van der Waals surface area contributed by atoms with E-state index in [4.69, 9.17) is 0 Å². The number of nitrogens with zero attached hydrogens (tertiary/aromatic N) is 1. The van der Waals surface area contributed by atoms with E-state index in [-0.39, 0.29) is 18.1 Å². The number of carbonyl (C=O) groups is 2. The van der Waals surface area contributed by atoms with Gasteiger partial charge in [-0.25, -0.2) is 4.39 Å². The van der Waals surface area contributed by atoms with Gasteiger partial charge in [-0.05, 0) is 24.3 Å². The number of aldehydes is 1. The molecule has 1 aromatic rings. The zero-order valence-corrected chi connectivity index (χ0v) is 7.74. The Morgan fingerprint density at radius 2 is 2.00 bits per heavy atom. The van der Waals surface area contributed by atoms with E-state index in [1.54, 1.807) is 7.05 Å². The fraction of sp³-hybridized carbons (Fsp3) is 0.200. The van der Waals surface area contributed by atoms with Gasteiger partial charge in [0.05, 0.1) is 6.42 Å². The first kappa shape index (κ1) is 10.4. The molecule has 0 fully saturated rings. The molecule has 0 radical (unpaired) electrons. The summed E-state index contributed by atoms with van der Waals surface area (Å²) >= 11 is 0. The second-order valence-electron chi connectivity index (χ2n) is 2.80. The van der Waals surface area contributed by atoms with Gasteiger partial charge in [0.2, 0.25) is 5.91 Å². The van der Waals surface area contributed by atoms with Crippen LogP contribution in [0, 0.1) is 5.82 Å². The molecule has 1 rings (SSSR count). The van der Waals surface area contributed by atoms with E-state index in [2.05, 4.69) is 0 Å². The molecule has 0 atom stereocenters. The van der Waals surface area contributed by atoms with Crippen molar-refractivity contribution in [2.75, 3.05) is 11.9 Å². The highest BCUT2D eigenvalue weighted by molar-refractivity contribution is 5.99. The molecule has 4 heteroatoms. The highest BCUT2D eigenvalue weighted by Crippen LogP contribution is 2.13. The maximum Gasteiger partial charge on any atom is 0.233 e. The number of benzene rings is 1. The van der Waals surface area contributed by atoms with Crippen molar-refractivity contribution in [3.8, 4) is 0 Å². The van der Waals surface area contributed by atoms with E-state index in [0.29, 0.717) is 12.0 Å². The van der Waals surface area contributed by atoms with E-state index >= 15 is 0 Å². The molecule has 14 heavy (non-hydrogen) atoms. The molecule has 0 saturated heterocycles. The van der Waals surface area contributed by atoms with Crippen LogP contribution >= 0.6 is 0 Å². The maximum absolute atomic E-state index is 12.5. The molecule has 0 aliphatic carbocycles. The zero-order chi connectivity index (χ0) is 10.6. The summed E-state index contributed by atoms with van der Waals surface area (Å²) in [5, 5.41) is 0. The number of halogens is 1. The van der Waals surface area contributed by atoms with Crippen LogP contribution in [0.2, 0.25) is 0 Å². The first-order valence-corrected chi connectivity index (χ1v) is 4.11. The summed E-state index contributed by atoms with van der Waals surface area (Å²) in [6, 6.07) is 5.50. The average Bonchev–Trinajstić information content (AvgIpc) is 2.18. The smallest absolute Gasteiger partial charge is 0.233 e. The number of hydrogen-bond donors (Lipinski definition) is 0. The quantitative estimate of drug-likeness (QED) is 0.539. The Hall–Kier alpha value is -1.71. The number of anilines is 1. The predicted molar refractivity (Wildman–Crippen MR) is 50.5 cm³/mol. The van der Waals surface area contributed by atoms with Gasteiger partial charge in [0.1, 0.15) is 12.1 Å². The van der Waals surface area contributed by atoms with Gasteiger partial charge in [-0.2, -0.15) is 0 Å². The van der Waals surface area contributed by atoms with Gasteiger partial charge in [0.15, 0.2) is 0 Å². The monoisotopic (exact) mass is 195 g/mol. The zero-order valence-electron chi connectivity index (χ0n) is 7.74. The lowest BCUT2D eigenvalue weighted by atomic mass is 10.2. The molecule has 0 aromatic heterocycles. The van der Waals surface area contributed by atoms with Crippen molar-refractivity contribution < 1.29 is 14.0 Å². The van der Waals surface area contributed by atoms with Crippen LogP contribution in [0.3, 0.4) is 0 Å². The first-order chi connectivity index (χ1) is 6.65. The summed E-state index contributed by atoms with van der Waals surface area (Å²) in [4.78, 5) is 22.6. The molecule has 0 aliphatic rings. The molecular weight excluding hydrogens is 185 g/mol. The normalized spacial score (nSPS) is 9.57. The Labute approximate surface area is 81.1 Å². The van der Waals surface area contributed by atoms with Crippen LogP contribution in [0.5, 0.6) is 0 Å². The molecule has 0 bridgehead atoms. The van der Waals surface area contributed by atoms with Crippen LogP contribution in [-0.4, -0.2) is 19.2 Å². The molecule has 0 heterocycles. The second-order valence-corrected chi connectivity index (χ2v) is 2.80. The molecule has 1 amide bonds. The summed E-state index contributed by atoms with van der Waals surface area (Å²) in [5.41, 5.74) is 0.568. The lowest BCUT2D eigenvalue weighted by Crippen LogP contribution is -2.26. The third kappa shape index (κ3) is 2.39. The van der Waals surface area contributed by atoms with Crippen LogP contribution in [0.15, 0.2) is 24.3 Å². The minimum absolute atomic E-state index is 0.159. The van der Waals surface area contributed by atoms with Crippen LogP contribution in [0.1, 0.15) is 6.42 Å². The van der Waals surface area contributed by atoms with Gasteiger partial charge in [-0.15, -0.1) is 0 Å². The second kappa shape index (κ2) is 4.50. The molecule has 0 spiro atoms. The minimum atomic E-state index is -0.356. The lowest BCUT2D eigenvalue weighted by molar-refractivity contribution is -0.121. The Morgan fingerprint density at radius 3 is 2.50 bits per heavy atom. The van der Waals surface area contributed by atoms with Gasteiger partial charge in [-0.3, -0.25) is 4.79 Å². The fourth-order valence-corrected chi connectivity index (χ4v) is 1.02. The van der Waals surface area contributed by atoms with Crippen molar-refractivity contribution in [1.29, 1.82) is 0 Å². The Morgan fingerprint density at radius 1 is 1.43 bits per heavy atom. The van der Waals surface area contributed by atoms with Crippen molar-refractivity contribution in [3.05, 3.63) is 30.1 Å². The van der Waals surface area contributed by atoms with Gasteiger partial charge in [0.25, 0.3) is 0 Å². The van der Waals surface area contributed by atoms with E-state index in [1.165, 1.54) is 29.2 Å². The summed E-state index contributed by atoms with van der Waals surface area (Å²) in [7, 11) is 1.54. The highest BCUT2D eigenvalue weighted by Gasteiger charge is 2.09. The van der Waals surface area contributed by atoms with Crippen molar-refractivity contribution in [3.63, 3.8) is 0 Å². The third-order valence-electron chi connectivity index (χ3n) is 1.85. The minimum Gasteiger partial charge on any atom is -0.315 e. The van der Waals surface area contributed by atoms with Crippen molar-refractivity contribution in [1.82, 2.24) is 0 Å². The lowest BCUT2D eigenvalue weighted by Gasteiger charge is -2.15. The predicted octanol–water partition coefficient (Wildman–Crippen LogP) is 1.38. The van der Waals surface area contributed by atoms with Gasteiger partial charge in [0, 0.05) is 12.7 Å². The van der Waals surface area contributed by atoms with Gasteiger partial charge >= 0.3 is 0 Å². The number of amides is 1. The summed E-state index contributed by atoms with van der Waals surface area (Å²) in [5.74, 6) is -0.670. The Bertz CT molecular complexity index is 334. The molecule has 0 saturated carbocycles. The molecule has 0 N–H and O–H groups in total. The van der Waals surface area contributed by atoms with E-state index in [0.717, 1.165) is 0 Å². The molecular formula is C10H10FNO2. The van der Waals surface area contributed by atoms with Gasteiger partial charge in [-0.1, -0.05) is 0 Å². The van der Waals surface area contributed by atoms with Crippen LogP contribution in [0.4, 0.5) is 10.1 Å². The third-order valence-corrected chi connectivity index (χ3v) is 1.85. The maximum atomic E-state index is 12.5. The van der Waals surface area contributed by atoms with E-state index in [9.17, 15) is 14.0 Å². The number of rotatable bonds is 3. The van der Waals surface area contributed by atoms with Crippen LogP contribution < -0.4 is 4.90 Å². The summed E-state index contributed by atoms with van der Waals surface area (Å²) in [6.45, 7) is 0. The van der Waals surface area contributed by atoms with Gasteiger partial charge < -0.3 is 9.69 Å². The SMILES string of the molecule is CN(C(=O)CC=O)c1ccc(F)cc1. The largest absolute Gasteiger partial charge is 0.315 e. The topological polar surface area (TPSA) is 37.4 Å². The van der Waals surface area contributed by atoms with Crippen LogP contribution in [-0.2, 0) is 9.59 Å². The Kier molecular flexibility index (Phi) is 3.34. The van der Waals surface area contributed by atoms with Crippen molar-refractivity contribution in [2.24, 2.45) is 0 Å². The Balaban J connectivity index is 2.78. The first-order valence-electron chi connectivity index (χ1n) is 4.11. The van der Waals surface area contributed by atoms with Crippen molar-refractivity contribution >= 4 is 17.9 Å².